The van der Waals surface area contributed by atoms with E-state index in [1.54, 1.807) is 19.1 Å². The first-order chi connectivity index (χ1) is 11.9. The third kappa shape index (κ3) is 2.48. The third-order valence-corrected chi connectivity index (χ3v) is 6.57. The predicted octanol–water partition coefficient (Wildman–Crippen LogP) is 3.01. The molecule has 6 heteroatoms. The van der Waals surface area contributed by atoms with Crippen LogP contribution in [0.2, 0.25) is 5.02 Å². The molecule has 1 heterocycles. The van der Waals surface area contributed by atoms with E-state index in [4.69, 9.17) is 11.6 Å². The maximum Gasteiger partial charge on any atom is 0.247 e. The molecular weight excluding hydrogens is 340 g/mol. The van der Waals surface area contributed by atoms with Crippen LogP contribution in [0.5, 0.6) is 0 Å². The lowest BCUT2D eigenvalue weighted by molar-refractivity contribution is -0.146. The van der Waals surface area contributed by atoms with Crippen LogP contribution in [-0.4, -0.2) is 28.7 Å². The highest BCUT2D eigenvalue weighted by Gasteiger charge is 2.62. The van der Waals surface area contributed by atoms with Crippen LogP contribution < -0.4 is 5.32 Å². The van der Waals surface area contributed by atoms with Crippen LogP contribution in [0.3, 0.4) is 0 Å². The van der Waals surface area contributed by atoms with Crippen molar-refractivity contribution in [3.05, 3.63) is 28.8 Å². The Hall–Kier alpha value is -1.88. The van der Waals surface area contributed by atoms with Crippen LogP contribution in [0.15, 0.2) is 18.2 Å². The molecule has 2 saturated carbocycles. The Bertz CT molecular complexity index is 750. The average molecular weight is 361 g/mol. The molecule has 4 rings (SSSR count). The first-order valence-electron chi connectivity index (χ1n) is 8.82. The van der Waals surface area contributed by atoms with E-state index in [1.807, 2.05) is 13.0 Å². The van der Waals surface area contributed by atoms with Gasteiger partial charge in [-0.3, -0.25) is 19.3 Å². The quantitative estimate of drug-likeness (QED) is 0.842. The number of carbonyl (C=O) groups is 3. The van der Waals surface area contributed by atoms with Gasteiger partial charge < -0.3 is 5.32 Å². The number of anilines is 1. The lowest BCUT2D eigenvalue weighted by atomic mass is 9.81. The van der Waals surface area contributed by atoms with Gasteiger partial charge in [-0.05, 0) is 62.6 Å². The summed E-state index contributed by atoms with van der Waals surface area (Å²) in [7, 11) is 0. The Balaban J connectivity index is 1.51. The van der Waals surface area contributed by atoms with Crippen LogP contribution in [0.4, 0.5) is 5.69 Å². The van der Waals surface area contributed by atoms with E-state index in [-0.39, 0.29) is 29.6 Å². The van der Waals surface area contributed by atoms with Gasteiger partial charge in [-0.15, -0.1) is 0 Å². The molecule has 5 nitrogen and oxygen atoms in total. The number of carbonyl (C=O) groups excluding carboxylic acids is 3. The van der Waals surface area contributed by atoms with Gasteiger partial charge in [0.1, 0.15) is 6.04 Å². The van der Waals surface area contributed by atoms with Crippen LogP contribution in [0.25, 0.3) is 0 Å². The molecule has 1 aliphatic heterocycles. The topological polar surface area (TPSA) is 66.5 Å². The molecular formula is C19H21ClN2O3. The largest absolute Gasteiger partial charge is 0.324 e. The normalized spacial score (nSPS) is 31.4. The molecule has 132 valence electrons. The van der Waals surface area contributed by atoms with Crippen molar-refractivity contribution < 1.29 is 14.4 Å². The van der Waals surface area contributed by atoms with Gasteiger partial charge >= 0.3 is 0 Å². The van der Waals surface area contributed by atoms with Gasteiger partial charge in [-0.1, -0.05) is 17.7 Å². The molecule has 1 aromatic rings. The molecule has 1 saturated heterocycles. The van der Waals surface area contributed by atoms with Crippen LogP contribution in [0.1, 0.15) is 31.7 Å². The number of hydrogen-bond acceptors (Lipinski definition) is 3. The van der Waals surface area contributed by atoms with E-state index < -0.39 is 6.04 Å². The van der Waals surface area contributed by atoms with Gasteiger partial charge in [-0.25, -0.2) is 0 Å². The summed E-state index contributed by atoms with van der Waals surface area (Å²) in [5.74, 6) is -0.441. The highest BCUT2D eigenvalue weighted by atomic mass is 35.5. The van der Waals surface area contributed by atoms with Crippen molar-refractivity contribution in [3.63, 3.8) is 0 Å². The number of fused-ring (bicyclic) bond motifs is 5. The van der Waals surface area contributed by atoms with Crippen LogP contribution in [0, 0.1) is 30.6 Å². The van der Waals surface area contributed by atoms with Crippen LogP contribution in [-0.2, 0) is 14.4 Å². The molecule has 3 aliphatic rings. The van der Waals surface area contributed by atoms with Gasteiger partial charge in [0, 0.05) is 10.7 Å². The molecule has 2 bridgehead atoms. The molecule has 5 unspecified atom stereocenters. The standard InChI is InChI=1S/C19H21ClN2O3/c1-9-3-6-13(8-14(9)20)21-17(23)10(2)22-18(24)15-11-4-5-12(7-11)16(15)19(22)25/h3,6,8,10-12,15-16H,4-5,7H2,1-2H3,(H,21,23). The second-order valence-electron chi connectivity index (χ2n) is 7.56. The third-order valence-electron chi connectivity index (χ3n) is 6.17. The van der Waals surface area contributed by atoms with Crippen molar-refractivity contribution in [2.45, 2.75) is 39.2 Å². The second kappa shape index (κ2) is 5.84. The van der Waals surface area contributed by atoms with Crippen molar-refractivity contribution in [3.8, 4) is 0 Å². The Morgan fingerprint density at radius 2 is 1.80 bits per heavy atom. The van der Waals surface area contributed by atoms with Gasteiger partial charge in [0.25, 0.3) is 0 Å². The van der Waals surface area contributed by atoms with Gasteiger partial charge in [0.05, 0.1) is 11.8 Å². The van der Waals surface area contributed by atoms with E-state index >= 15 is 0 Å². The first-order valence-corrected chi connectivity index (χ1v) is 9.20. The Morgan fingerprint density at radius 3 is 2.36 bits per heavy atom. The lowest BCUT2D eigenvalue weighted by Crippen LogP contribution is -2.46. The molecule has 1 N–H and O–H groups in total. The summed E-state index contributed by atoms with van der Waals surface area (Å²) in [5, 5.41) is 3.32. The molecule has 3 fully saturated rings. The number of halogens is 1. The SMILES string of the molecule is Cc1ccc(NC(=O)C(C)N2C(=O)C3C4CCC(C4)C3C2=O)cc1Cl. The molecule has 2 aliphatic carbocycles. The Labute approximate surface area is 151 Å². The zero-order chi connectivity index (χ0) is 17.9. The van der Waals surface area contributed by atoms with Gasteiger partial charge in [0.15, 0.2) is 0 Å². The summed E-state index contributed by atoms with van der Waals surface area (Å²) in [6.45, 7) is 3.50. The summed E-state index contributed by atoms with van der Waals surface area (Å²) in [5.41, 5.74) is 1.48. The Morgan fingerprint density at radius 1 is 1.20 bits per heavy atom. The number of aryl methyl sites for hydroxylation is 1. The van der Waals surface area contributed by atoms with Crippen molar-refractivity contribution >= 4 is 35.0 Å². The molecule has 0 radical (unpaired) electrons. The number of hydrogen-bond donors (Lipinski definition) is 1. The summed E-state index contributed by atoms with van der Waals surface area (Å²) in [4.78, 5) is 39.4. The maximum atomic E-state index is 12.8. The van der Waals surface area contributed by atoms with E-state index in [0.717, 1.165) is 24.8 Å². The predicted molar refractivity (Wildman–Crippen MR) is 93.9 cm³/mol. The van der Waals surface area contributed by atoms with Gasteiger partial charge in [0.2, 0.25) is 17.7 Å². The van der Waals surface area contributed by atoms with Crippen LogP contribution >= 0.6 is 11.6 Å². The first kappa shape index (κ1) is 16.6. The van der Waals surface area contributed by atoms with Crippen molar-refractivity contribution in [1.82, 2.24) is 4.90 Å². The number of benzene rings is 1. The van der Waals surface area contributed by atoms with E-state index in [0.29, 0.717) is 22.5 Å². The van der Waals surface area contributed by atoms with E-state index in [9.17, 15) is 14.4 Å². The fourth-order valence-electron chi connectivity index (χ4n) is 4.85. The fraction of sp³-hybridized carbons (Fsp3) is 0.526. The molecule has 1 aromatic carbocycles. The number of nitrogens with one attached hydrogen (secondary N) is 1. The summed E-state index contributed by atoms with van der Waals surface area (Å²) in [6, 6.07) is 4.43. The highest BCUT2D eigenvalue weighted by Crippen LogP contribution is 2.56. The molecule has 0 aromatic heterocycles. The minimum absolute atomic E-state index is 0.160. The Kier molecular flexibility index (Phi) is 3.87. The lowest BCUT2D eigenvalue weighted by Gasteiger charge is -2.23. The second-order valence-corrected chi connectivity index (χ2v) is 7.97. The van der Waals surface area contributed by atoms with Crippen molar-refractivity contribution in [2.75, 3.05) is 5.32 Å². The number of likely N-dealkylation sites (tertiary alicyclic amines) is 1. The van der Waals surface area contributed by atoms with Crippen molar-refractivity contribution in [2.24, 2.45) is 23.7 Å². The van der Waals surface area contributed by atoms with E-state index in [2.05, 4.69) is 5.32 Å². The number of nitrogens with zero attached hydrogens (tertiary/aromatic N) is 1. The molecule has 25 heavy (non-hydrogen) atoms. The van der Waals surface area contributed by atoms with Crippen molar-refractivity contribution in [1.29, 1.82) is 0 Å². The zero-order valence-electron chi connectivity index (χ0n) is 14.3. The highest BCUT2D eigenvalue weighted by molar-refractivity contribution is 6.31. The monoisotopic (exact) mass is 360 g/mol. The number of rotatable bonds is 3. The molecule has 5 atom stereocenters. The average Bonchev–Trinajstić information content (AvgIpc) is 3.24. The minimum atomic E-state index is -0.815. The smallest absolute Gasteiger partial charge is 0.247 e. The number of amides is 3. The summed E-state index contributed by atoms with van der Waals surface area (Å²) < 4.78 is 0. The van der Waals surface area contributed by atoms with Gasteiger partial charge in [-0.2, -0.15) is 0 Å². The molecule has 0 spiro atoms. The minimum Gasteiger partial charge on any atom is -0.324 e. The molecule has 3 amide bonds. The maximum absolute atomic E-state index is 12.8. The van der Waals surface area contributed by atoms with E-state index in [1.165, 1.54) is 4.90 Å². The summed E-state index contributed by atoms with van der Waals surface area (Å²) in [6.07, 6.45) is 3.05. The fourth-order valence-corrected chi connectivity index (χ4v) is 5.03. The summed E-state index contributed by atoms with van der Waals surface area (Å²) >= 11 is 6.08. The zero-order valence-corrected chi connectivity index (χ0v) is 15.0. The number of imide groups is 1.